The normalized spacial score (nSPS) is 12.1. The van der Waals surface area contributed by atoms with E-state index in [0.717, 1.165) is 25.7 Å². The van der Waals surface area contributed by atoms with Crippen molar-refractivity contribution in [2.75, 3.05) is 0 Å². The Labute approximate surface area is 124 Å². The lowest BCUT2D eigenvalue weighted by molar-refractivity contribution is -0.136. The van der Waals surface area contributed by atoms with Crippen LogP contribution in [0.3, 0.4) is 0 Å². The summed E-state index contributed by atoms with van der Waals surface area (Å²) >= 11 is 0. The fourth-order valence-corrected chi connectivity index (χ4v) is 1.85. The summed E-state index contributed by atoms with van der Waals surface area (Å²) in [4.78, 5) is 10.3. The summed E-state index contributed by atoms with van der Waals surface area (Å²) in [6.07, 6.45) is 23.5. The van der Waals surface area contributed by atoms with Gasteiger partial charge in [-0.15, -0.1) is 0 Å². The molecule has 0 aliphatic heterocycles. The van der Waals surface area contributed by atoms with Gasteiger partial charge in [-0.2, -0.15) is 0 Å². The van der Waals surface area contributed by atoms with Crippen LogP contribution in [-0.2, 0) is 4.79 Å². The van der Waals surface area contributed by atoms with Crippen molar-refractivity contribution in [1.82, 2.24) is 0 Å². The summed E-state index contributed by atoms with van der Waals surface area (Å²) in [5.74, 6) is -0.757. The maximum Gasteiger partial charge on any atom is 0.307 e. The molecule has 0 aromatic carbocycles. The molecule has 0 aromatic rings. The van der Waals surface area contributed by atoms with E-state index in [1.807, 2.05) is 6.08 Å². The summed E-state index contributed by atoms with van der Waals surface area (Å²) in [5.41, 5.74) is 0. The molecule has 0 spiro atoms. The molecule has 0 atom stereocenters. The van der Waals surface area contributed by atoms with E-state index < -0.39 is 5.97 Å². The van der Waals surface area contributed by atoms with Gasteiger partial charge in [0.15, 0.2) is 0 Å². The molecule has 2 nitrogen and oxygen atoms in total. The molecular formula is C18H30O2. The van der Waals surface area contributed by atoms with E-state index in [1.54, 1.807) is 6.08 Å². The van der Waals surface area contributed by atoms with E-state index in [0.29, 0.717) is 0 Å². The standard InChI is InChI=1S/C18H30O2/c1-2-3-4-5-6-7-8-9-10-11-12-13-14-15-16-17-18(19)20/h6-7,9-10,15-16H,2-5,8,11-14,17H2,1H3,(H,19,20)/b7-6-,10-9-,16-15+. The van der Waals surface area contributed by atoms with Gasteiger partial charge in [-0.05, 0) is 44.9 Å². The van der Waals surface area contributed by atoms with Crippen LogP contribution in [0, 0.1) is 0 Å². The fraction of sp³-hybridized carbons (Fsp3) is 0.611. The predicted octanol–water partition coefficient (Wildman–Crippen LogP) is 5.66. The summed E-state index contributed by atoms with van der Waals surface area (Å²) < 4.78 is 0. The molecule has 0 aliphatic rings. The average molecular weight is 278 g/mol. The summed E-state index contributed by atoms with van der Waals surface area (Å²) in [7, 11) is 0. The maximum absolute atomic E-state index is 10.3. The maximum atomic E-state index is 10.3. The highest BCUT2D eigenvalue weighted by Crippen LogP contribution is 2.04. The number of unbranched alkanes of at least 4 members (excludes halogenated alkanes) is 6. The molecule has 20 heavy (non-hydrogen) atoms. The van der Waals surface area contributed by atoms with Crippen LogP contribution in [0.5, 0.6) is 0 Å². The van der Waals surface area contributed by atoms with Crippen molar-refractivity contribution in [3.8, 4) is 0 Å². The first-order chi connectivity index (χ1) is 9.77. The Kier molecular flexibility index (Phi) is 14.7. The highest BCUT2D eigenvalue weighted by molar-refractivity contribution is 5.68. The van der Waals surface area contributed by atoms with Crippen molar-refractivity contribution in [1.29, 1.82) is 0 Å². The molecule has 0 aromatic heterocycles. The number of rotatable bonds is 13. The van der Waals surface area contributed by atoms with Crippen molar-refractivity contribution < 1.29 is 9.90 Å². The lowest BCUT2D eigenvalue weighted by Crippen LogP contribution is -1.89. The molecular weight excluding hydrogens is 248 g/mol. The Bertz CT molecular complexity index is 301. The Hall–Kier alpha value is -1.31. The summed E-state index contributed by atoms with van der Waals surface area (Å²) in [6.45, 7) is 2.23. The zero-order valence-corrected chi connectivity index (χ0v) is 12.9. The molecule has 0 saturated heterocycles. The van der Waals surface area contributed by atoms with Gasteiger partial charge in [-0.1, -0.05) is 56.2 Å². The van der Waals surface area contributed by atoms with Gasteiger partial charge in [0.2, 0.25) is 0 Å². The highest BCUT2D eigenvalue weighted by atomic mass is 16.4. The number of allylic oxidation sites excluding steroid dienone is 5. The van der Waals surface area contributed by atoms with Crippen LogP contribution in [0.1, 0.15) is 71.1 Å². The fourth-order valence-electron chi connectivity index (χ4n) is 1.85. The quantitative estimate of drug-likeness (QED) is 0.348. The lowest BCUT2D eigenvalue weighted by Gasteiger charge is -1.93. The van der Waals surface area contributed by atoms with Gasteiger partial charge in [0, 0.05) is 0 Å². The lowest BCUT2D eigenvalue weighted by atomic mass is 10.1. The molecule has 0 bridgehead atoms. The molecule has 0 heterocycles. The van der Waals surface area contributed by atoms with Gasteiger partial charge in [0.25, 0.3) is 0 Å². The van der Waals surface area contributed by atoms with Crippen molar-refractivity contribution >= 4 is 5.97 Å². The van der Waals surface area contributed by atoms with E-state index in [2.05, 4.69) is 31.2 Å². The Morgan fingerprint density at radius 2 is 1.30 bits per heavy atom. The van der Waals surface area contributed by atoms with Crippen LogP contribution in [0.2, 0.25) is 0 Å². The third-order valence-electron chi connectivity index (χ3n) is 3.03. The second-order valence-corrected chi connectivity index (χ2v) is 5.03. The van der Waals surface area contributed by atoms with Crippen LogP contribution in [-0.4, -0.2) is 11.1 Å². The number of hydrogen-bond donors (Lipinski definition) is 1. The monoisotopic (exact) mass is 278 g/mol. The van der Waals surface area contributed by atoms with E-state index in [9.17, 15) is 4.79 Å². The van der Waals surface area contributed by atoms with Gasteiger partial charge >= 0.3 is 5.97 Å². The molecule has 114 valence electrons. The zero-order chi connectivity index (χ0) is 14.9. The number of hydrogen-bond acceptors (Lipinski definition) is 1. The molecule has 0 aliphatic carbocycles. The molecule has 2 heteroatoms. The summed E-state index contributed by atoms with van der Waals surface area (Å²) in [6, 6.07) is 0. The largest absolute Gasteiger partial charge is 0.481 e. The van der Waals surface area contributed by atoms with E-state index in [4.69, 9.17) is 5.11 Å². The van der Waals surface area contributed by atoms with Crippen molar-refractivity contribution in [2.45, 2.75) is 71.1 Å². The number of carbonyl (C=O) groups is 1. The predicted molar refractivity (Wildman–Crippen MR) is 86.9 cm³/mol. The van der Waals surface area contributed by atoms with Gasteiger partial charge in [-0.3, -0.25) is 4.79 Å². The first-order valence-electron chi connectivity index (χ1n) is 7.94. The Morgan fingerprint density at radius 3 is 1.80 bits per heavy atom. The topological polar surface area (TPSA) is 37.3 Å². The number of carboxylic acids is 1. The van der Waals surface area contributed by atoms with Crippen LogP contribution in [0.25, 0.3) is 0 Å². The van der Waals surface area contributed by atoms with Crippen LogP contribution >= 0.6 is 0 Å². The van der Waals surface area contributed by atoms with Crippen LogP contribution in [0.15, 0.2) is 36.5 Å². The van der Waals surface area contributed by atoms with Crippen molar-refractivity contribution in [2.24, 2.45) is 0 Å². The average Bonchev–Trinajstić information content (AvgIpc) is 2.43. The number of aliphatic carboxylic acids is 1. The van der Waals surface area contributed by atoms with Crippen LogP contribution < -0.4 is 0 Å². The van der Waals surface area contributed by atoms with Crippen LogP contribution in [0.4, 0.5) is 0 Å². The molecule has 0 unspecified atom stereocenters. The first-order valence-corrected chi connectivity index (χ1v) is 7.94. The van der Waals surface area contributed by atoms with Gasteiger partial charge in [0.1, 0.15) is 0 Å². The Morgan fingerprint density at radius 1 is 0.800 bits per heavy atom. The van der Waals surface area contributed by atoms with Crippen molar-refractivity contribution in [3.63, 3.8) is 0 Å². The Balaban J connectivity index is 3.27. The minimum atomic E-state index is -0.757. The molecule has 0 rings (SSSR count). The molecule has 0 radical (unpaired) electrons. The molecule has 0 fully saturated rings. The first kappa shape index (κ1) is 18.7. The van der Waals surface area contributed by atoms with Gasteiger partial charge in [-0.25, -0.2) is 0 Å². The minimum Gasteiger partial charge on any atom is -0.481 e. The van der Waals surface area contributed by atoms with Gasteiger partial charge < -0.3 is 5.11 Å². The van der Waals surface area contributed by atoms with E-state index in [1.165, 1.54) is 32.1 Å². The van der Waals surface area contributed by atoms with E-state index in [-0.39, 0.29) is 6.42 Å². The van der Waals surface area contributed by atoms with Crippen molar-refractivity contribution in [3.05, 3.63) is 36.5 Å². The second kappa shape index (κ2) is 15.7. The number of carboxylic acid groups (broad SMARTS) is 1. The summed E-state index contributed by atoms with van der Waals surface area (Å²) in [5, 5.41) is 8.45. The minimum absolute atomic E-state index is 0.143. The molecule has 1 N–H and O–H groups in total. The molecule has 0 amide bonds. The smallest absolute Gasteiger partial charge is 0.307 e. The van der Waals surface area contributed by atoms with Gasteiger partial charge in [0.05, 0.1) is 6.42 Å². The molecule has 0 saturated carbocycles. The van der Waals surface area contributed by atoms with E-state index >= 15 is 0 Å². The second-order valence-electron chi connectivity index (χ2n) is 5.03. The zero-order valence-electron chi connectivity index (χ0n) is 12.9. The third-order valence-corrected chi connectivity index (χ3v) is 3.03. The SMILES string of the molecule is CCCCC/C=C\C/C=C\CCCC/C=C/CC(=O)O. The highest BCUT2D eigenvalue weighted by Gasteiger charge is 1.89. The third kappa shape index (κ3) is 16.7.